The molecule has 0 aliphatic carbocycles. The summed E-state index contributed by atoms with van der Waals surface area (Å²) in [5, 5.41) is 3.21. The van der Waals surface area contributed by atoms with Gasteiger partial charge in [0.15, 0.2) is 0 Å². The molecule has 1 heterocycles. The van der Waals surface area contributed by atoms with E-state index >= 15 is 0 Å². The highest BCUT2D eigenvalue weighted by atomic mass is 16.5. The predicted octanol–water partition coefficient (Wildman–Crippen LogP) is 2.44. The van der Waals surface area contributed by atoms with E-state index in [0.717, 1.165) is 23.7 Å². The quantitative estimate of drug-likeness (QED) is 0.875. The molecule has 106 valence electrons. The molecule has 2 rings (SSSR count). The maximum absolute atomic E-state index is 5.76. The van der Waals surface area contributed by atoms with E-state index in [-0.39, 0.29) is 0 Å². The molecule has 0 fully saturated rings. The van der Waals surface area contributed by atoms with Gasteiger partial charge in [0.1, 0.15) is 5.75 Å². The maximum atomic E-state index is 5.76. The summed E-state index contributed by atoms with van der Waals surface area (Å²) in [6.07, 6.45) is 3.36. The summed E-state index contributed by atoms with van der Waals surface area (Å²) in [5.74, 6) is 1.27. The first-order chi connectivity index (χ1) is 9.69. The van der Waals surface area contributed by atoms with E-state index in [1.807, 2.05) is 43.3 Å². The average molecular weight is 272 g/mol. The van der Waals surface area contributed by atoms with Crippen molar-refractivity contribution in [2.45, 2.75) is 13.5 Å². The van der Waals surface area contributed by atoms with Crippen molar-refractivity contribution in [3.63, 3.8) is 0 Å². The number of hydrogen-bond donors (Lipinski definition) is 1. The third-order valence-corrected chi connectivity index (χ3v) is 2.77. The van der Waals surface area contributed by atoms with Crippen molar-refractivity contribution in [1.29, 1.82) is 0 Å². The SMILES string of the molecule is CCNCc1cncc(Oc2cccc(N(C)C)c2)n1. The monoisotopic (exact) mass is 272 g/mol. The lowest BCUT2D eigenvalue weighted by Gasteiger charge is -2.13. The summed E-state index contributed by atoms with van der Waals surface area (Å²) in [7, 11) is 3.99. The minimum absolute atomic E-state index is 0.510. The number of nitrogens with zero attached hydrogens (tertiary/aromatic N) is 3. The summed E-state index contributed by atoms with van der Waals surface area (Å²) < 4.78 is 5.76. The minimum Gasteiger partial charge on any atom is -0.437 e. The van der Waals surface area contributed by atoms with Crippen LogP contribution < -0.4 is 15.0 Å². The number of nitrogens with one attached hydrogen (secondary N) is 1. The third-order valence-electron chi connectivity index (χ3n) is 2.77. The predicted molar refractivity (Wildman–Crippen MR) is 80.3 cm³/mol. The van der Waals surface area contributed by atoms with E-state index in [2.05, 4.69) is 22.2 Å². The lowest BCUT2D eigenvalue weighted by Crippen LogP contribution is -2.13. The van der Waals surface area contributed by atoms with Crippen LogP contribution in [-0.2, 0) is 6.54 Å². The number of ether oxygens (including phenoxy) is 1. The lowest BCUT2D eigenvalue weighted by atomic mass is 10.3. The van der Waals surface area contributed by atoms with Crippen LogP contribution in [0.4, 0.5) is 5.69 Å². The van der Waals surface area contributed by atoms with Gasteiger partial charge in [-0.05, 0) is 18.7 Å². The zero-order valence-electron chi connectivity index (χ0n) is 12.1. The number of aromatic nitrogens is 2. The molecule has 0 saturated carbocycles. The summed E-state index contributed by atoms with van der Waals surface area (Å²) in [4.78, 5) is 10.6. The van der Waals surface area contributed by atoms with Gasteiger partial charge < -0.3 is 15.0 Å². The molecule has 0 radical (unpaired) electrons. The van der Waals surface area contributed by atoms with E-state index in [9.17, 15) is 0 Å². The summed E-state index contributed by atoms with van der Waals surface area (Å²) >= 11 is 0. The first-order valence-electron chi connectivity index (χ1n) is 6.66. The van der Waals surface area contributed by atoms with Crippen molar-refractivity contribution in [2.24, 2.45) is 0 Å². The van der Waals surface area contributed by atoms with Crippen LogP contribution in [0.1, 0.15) is 12.6 Å². The standard InChI is InChI=1S/C15H20N4O/c1-4-16-9-12-10-17-11-15(18-12)20-14-7-5-6-13(8-14)19(2)3/h5-8,10-11,16H,4,9H2,1-3H3. The zero-order chi connectivity index (χ0) is 14.4. The Bertz CT molecular complexity index is 557. The van der Waals surface area contributed by atoms with Gasteiger partial charge in [0.25, 0.3) is 0 Å². The van der Waals surface area contributed by atoms with Crippen LogP contribution in [0.25, 0.3) is 0 Å². The normalized spacial score (nSPS) is 10.3. The topological polar surface area (TPSA) is 50.3 Å². The van der Waals surface area contributed by atoms with Gasteiger partial charge in [0.2, 0.25) is 5.88 Å². The molecule has 0 atom stereocenters. The lowest BCUT2D eigenvalue weighted by molar-refractivity contribution is 0.456. The van der Waals surface area contributed by atoms with Gasteiger partial charge in [-0.25, -0.2) is 4.98 Å². The van der Waals surface area contributed by atoms with Crippen LogP contribution in [0.3, 0.4) is 0 Å². The van der Waals surface area contributed by atoms with Gasteiger partial charge in [-0.3, -0.25) is 4.98 Å². The highest BCUT2D eigenvalue weighted by Gasteiger charge is 2.03. The van der Waals surface area contributed by atoms with E-state index < -0.39 is 0 Å². The fraction of sp³-hybridized carbons (Fsp3) is 0.333. The molecule has 1 aromatic heterocycles. The highest BCUT2D eigenvalue weighted by molar-refractivity contribution is 5.49. The van der Waals surface area contributed by atoms with E-state index in [4.69, 9.17) is 4.74 Å². The number of rotatable bonds is 6. The molecule has 1 N–H and O–H groups in total. The van der Waals surface area contributed by atoms with Gasteiger partial charge in [0.05, 0.1) is 11.9 Å². The molecule has 2 aromatic rings. The van der Waals surface area contributed by atoms with Crippen molar-refractivity contribution < 1.29 is 4.74 Å². The van der Waals surface area contributed by atoms with Crippen LogP contribution in [-0.4, -0.2) is 30.6 Å². The molecule has 20 heavy (non-hydrogen) atoms. The average Bonchev–Trinajstić information content (AvgIpc) is 2.46. The van der Waals surface area contributed by atoms with Crippen molar-refractivity contribution >= 4 is 5.69 Å². The molecule has 5 nitrogen and oxygen atoms in total. The summed E-state index contributed by atoms with van der Waals surface area (Å²) in [6.45, 7) is 3.65. The first-order valence-corrected chi connectivity index (χ1v) is 6.66. The number of anilines is 1. The third kappa shape index (κ3) is 3.93. The second-order valence-corrected chi connectivity index (χ2v) is 4.62. The van der Waals surface area contributed by atoms with Crippen molar-refractivity contribution in [1.82, 2.24) is 15.3 Å². The Hall–Kier alpha value is -2.14. The maximum Gasteiger partial charge on any atom is 0.238 e. The van der Waals surface area contributed by atoms with E-state index in [1.165, 1.54) is 0 Å². The second kappa shape index (κ2) is 6.86. The first kappa shape index (κ1) is 14.3. The van der Waals surface area contributed by atoms with Crippen LogP contribution in [0.5, 0.6) is 11.6 Å². The molecule has 0 spiro atoms. The molecule has 0 saturated heterocycles. The second-order valence-electron chi connectivity index (χ2n) is 4.62. The van der Waals surface area contributed by atoms with Gasteiger partial charge in [-0.2, -0.15) is 0 Å². The van der Waals surface area contributed by atoms with Crippen LogP contribution >= 0.6 is 0 Å². The van der Waals surface area contributed by atoms with Gasteiger partial charge >= 0.3 is 0 Å². The van der Waals surface area contributed by atoms with Crippen molar-refractivity contribution in [2.75, 3.05) is 25.5 Å². The molecular weight excluding hydrogens is 252 g/mol. The van der Waals surface area contributed by atoms with Crippen molar-refractivity contribution in [3.05, 3.63) is 42.4 Å². The highest BCUT2D eigenvalue weighted by Crippen LogP contribution is 2.23. The smallest absolute Gasteiger partial charge is 0.238 e. The molecule has 5 heteroatoms. The van der Waals surface area contributed by atoms with Crippen molar-refractivity contribution in [3.8, 4) is 11.6 Å². The van der Waals surface area contributed by atoms with E-state index in [0.29, 0.717) is 12.4 Å². The molecule has 0 bridgehead atoms. The van der Waals surface area contributed by atoms with Gasteiger partial charge in [-0.1, -0.05) is 13.0 Å². The minimum atomic E-state index is 0.510. The van der Waals surface area contributed by atoms with Gasteiger partial charge in [-0.15, -0.1) is 0 Å². The molecule has 1 aromatic carbocycles. The Balaban J connectivity index is 2.11. The van der Waals surface area contributed by atoms with E-state index in [1.54, 1.807) is 12.4 Å². The molecular formula is C15H20N4O. The fourth-order valence-corrected chi connectivity index (χ4v) is 1.72. The largest absolute Gasteiger partial charge is 0.437 e. The Labute approximate surface area is 119 Å². The zero-order valence-corrected chi connectivity index (χ0v) is 12.1. The molecule has 0 unspecified atom stereocenters. The summed E-state index contributed by atoms with van der Waals surface area (Å²) in [5.41, 5.74) is 1.95. The Kier molecular flexibility index (Phi) is 4.90. The fourth-order valence-electron chi connectivity index (χ4n) is 1.72. The Morgan fingerprint density at radius 3 is 2.85 bits per heavy atom. The Morgan fingerprint density at radius 1 is 1.25 bits per heavy atom. The van der Waals surface area contributed by atoms with Crippen LogP contribution in [0.15, 0.2) is 36.7 Å². The van der Waals surface area contributed by atoms with Crippen LogP contribution in [0.2, 0.25) is 0 Å². The van der Waals surface area contributed by atoms with Crippen LogP contribution in [0, 0.1) is 0 Å². The molecule has 0 aliphatic rings. The molecule has 0 aliphatic heterocycles. The summed E-state index contributed by atoms with van der Waals surface area (Å²) in [6, 6.07) is 7.87. The molecule has 0 amide bonds. The number of hydrogen-bond acceptors (Lipinski definition) is 5. The Morgan fingerprint density at radius 2 is 2.10 bits per heavy atom. The number of benzene rings is 1. The van der Waals surface area contributed by atoms with Gasteiger partial charge in [0, 0.05) is 38.6 Å².